The molecule has 0 saturated carbocycles. The van der Waals surface area contributed by atoms with Crippen molar-refractivity contribution in [3.8, 4) is 0 Å². The fourth-order valence-corrected chi connectivity index (χ4v) is 2.75. The molecule has 1 aromatic heterocycles. The molecule has 2 N–H and O–H groups in total. The van der Waals surface area contributed by atoms with Gasteiger partial charge in [-0.25, -0.2) is 0 Å². The van der Waals surface area contributed by atoms with E-state index < -0.39 is 0 Å². The number of hydrogen-bond donors (Lipinski definition) is 1. The zero-order valence-electron chi connectivity index (χ0n) is 11.7. The number of rotatable bonds is 2. The number of para-hydroxylation sites is 1. The maximum atomic E-state index is 12.6. The standard InChI is InChI=1S/C19H13NO2/c20-17-15(18(21)12-6-2-1-3-7-12)11-10-14-13-8-4-5-9-16(13)22-19(14)17/h1-11H,20H2. The van der Waals surface area contributed by atoms with Crippen LogP contribution in [0.2, 0.25) is 0 Å². The smallest absolute Gasteiger partial charge is 0.195 e. The molecule has 0 aliphatic heterocycles. The number of nitrogen functional groups attached to an aromatic ring is 1. The molecule has 4 aromatic rings. The van der Waals surface area contributed by atoms with Gasteiger partial charge in [-0.3, -0.25) is 4.79 Å². The molecule has 3 aromatic carbocycles. The Kier molecular flexibility index (Phi) is 2.73. The highest BCUT2D eigenvalue weighted by atomic mass is 16.3. The predicted octanol–water partition coefficient (Wildman–Crippen LogP) is 4.40. The van der Waals surface area contributed by atoms with E-state index in [9.17, 15) is 4.79 Å². The minimum atomic E-state index is -0.0968. The van der Waals surface area contributed by atoms with Gasteiger partial charge in [0.15, 0.2) is 11.4 Å². The second kappa shape index (κ2) is 4.74. The summed E-state index contributed by atoms with van der Waals surface area (Å²) in [5, 5.41) is 1.93. The summed E-state index contributed by atoms with van der Waals surface area (Å²) in [7, 11) is 0. The van der Waals surface area contributed by atoms with Crippen molar-refractivity contribution in [2.75, 3.05) is 5.73 Å². The van der Waals surface area contributed by atoms with Gasteiger partial charge in [0, 0.05) is 21.9 Å². The summed E-state index contributed by atoms with van der Waals surface area (Å²) in [6.45, 7) is 0. The van der Waals surface area contributed by atoms with Gasteiger partial charge in [0.05, 0.1) is 5.69 Å². The van der Waals surface area contributed by atoms with Gasteiger partial charge in [0.1, 0.15) is 5.58 Å². The van der Waals surface area contributed by atoms with Crippen molar-refractivity contribution < 1.29 is 9.21 Å². The van der Waals surface area contributed by atoms with Crippen LogP contribution in [-0.4, -0.2) is 5.78 Å². The lowest BCUT2D eigenvalue weighted by atomic mass is 10.00. The second-order valence-electron chi connectivity index (χ2n) is 5.20. The number of fused-ring (bicyclic) bond motifs is 3. The molecule has 0 spiro atoms. The van der Waals surface area contributed by atoms with E-state index in [4.69, 9.17) is 10.2 Å². The maximum absolute atomic E-state index is 12.6. The SMILES string of the molecule is Nc1c(C(=O)c2ccccc2)ccc2c1oc1ccccc12. The van der Waals surface area contributed by atoms with Crippen LogP contribution in [0.15, 0.2) is 71.1 Å². The van der Waals surface area contributed by atoms with Crippen LogP contribution in [0.25, 0.3) is 21.9 Å². The summed E-state index contributed by atoms with van der Waals surface area (Å²) < 4.78 is 5.83. The third-order valence-electron chi connectivity index (χ3n) is 3.87. The molecule has 22 heavy (non-hydrogen) atoms. The van der Waals surface area contributed by atoms with Crippen LogP contribution < -0.4 is 5.73 Å². The Balaban J connectivity index is 1.95. The van der Waals surface area contributed by atoms with E-state index in [-0.39, 0.29) is 5.78 Å². The molecular weight excluding hydrogens is 274 g/mol. The van der Waals surface area contributed by atoms with E-state index in [0.717, 1.165) is 16.4 Å². The maximum Gasteiger partial charge on any atom is 0.195 e. The third kappa shape index (κ3) is 1.79. The summed E-state index contributed by atoms with van der Waals surface area (Å²) in [5.41, 5.74) is 9.03. The van der Waals surface area contributed by atoms with Crippen molar-refractivity contribution in [1.29, 1.82) is 0 Å². The van der Waals surface area contributed by atoms with Gasteiger partial charge in [0.2, 0.25) is 0 Å². The van der Waals surface area contributed by atoms with E-state index in [1.54, 1.807) is 18.2 Å². The zero-order chi connectivity index (χ0) is 15.1. The highest BCUT2D eigenvalue weighted by Crippen LogP contribution is 2.34. The van der Waals surface area contributed by atoms with Crippen LogP contribution in [0, 0.1) is 0 Å². The first-order chi connectivity index (χ1) is 10.8. The second-order valence-corrected chi connectivity index (χ2v) is 5.20. The predicted molar refractivity (Wildman–Crippen MR) is 88.0 cm³/mol. The van der Waals surface area contributed by atoms with Crippen molar-refractivity contribution >= 4 is 33.4 Å². The number of hydrogen-bond acceptors (Lipinski definition) is 3. The topological polar surface area (TPSA) is 56.2 Å². The van der Waals surface area contributed by atoms with E-state index >= 15 is 0 Å². The molecule has 106 valence electrons. The number of nitrogens with two attached hydrogens (primary N) is 1. The lowest BCUT2D eigenvalue weighted by Crippen LogP contribution is -2.05. The van der Waals surface area contributed by atoms with Gasteiger partial charge in [0.25, 0.3) is 0 Å². The normalized spacial score (nSPS) is 11.1. The molecule has 0 radical (unpaired) electrons. The van der Waals surface area contributed by atoms with Crippen molar-refractivity contribution in [2.24, 2.45) is 0 Å². The highest BCUT2D eigenvalue weighted by Gasteiger charge is 2.17. The summed E-state index contributed by atoms with van der Waals surface area (Å²) in [6, 6.07) is 20.5. The fraction of sp³-hybridized carbons (Fsp3) is 0. The molecule has 4 rings (SSSR count). The summed E-state index contributed by atoms with van der Waals surface area (Å²) >= 11 is 0. The van der Waals surface area contributed by atoms with Crippen LogP contribution in [0.3, 0.4) is 0 Å². The Morgan fingerprint density at radius 3 is 2.36 bits per heavy atom. The number of furan rings is 1. The molecule has 0 atom stereocenters. The van der Waals surface area contributed by atoms with Gasteiger partial charge in [-0.2, -0.15) is 0 Å². The summed E-state index contributed by atoms with van der Waals surface area (Å²) in [4.78, 5) is 12.6. The first-order valence-corrected chi connectivity index (χ1v) is 7.05. The van der Waals surface area contributed by atoms with Crippen molar-refractivity contribution in [2.45, 2.75) is 0 Å². The first kappa shape index (κ1) is 12.7. The average Bonchev–Trinajstić information content (AvgIpc) is 2.95. The highest BCUT2D eigenvalue weighted by molar-refractivity contribution is 6.18. The number of carbonyl (C=O) groups is 1. The Morgan fingerprint density at radius 2 is 1.55 bits per heavy atom. The van der Waals surface area contributed by atoms with Crippen LogP contribution in [0.5, 0.6) is 0 Å². The molecule has 3 nitrogen and oxygen atoms in total. The molecule has 1 heterocycles. The van der Waals surface area contributed by atoms with Gasteiger partial charge in [-0.05, 0) is 18.2 Å². The van der Waals surface area contributed by atoms with Crippen molar-refractivity contribution in [3.05, 3.63) is 77.9 Å². The molecule has 0 fully saturated rings. The molecule has 0 unspecified atom stereocenters. The van der Waals surface area contributed by atoms with Crippen LogP contribution in [-0.2, 0) is 0 Å². The Bertz CT molecular complexity index is 1000. The molecule has 0 bridgehead atoms. The van der Waals surface area contributed by atoms with E-state index in [2.05, 4.69) is 0 Å². The Hall–Kier alpha value is -3.07. The largest absolute Gasteiger partial charge is 0.454 e. The summed E-state index contributed by atoms with van der Waals surface area (Å²) in [6.07, 6.45) is 0. The van der Waals surface area contributed by atoms with Gasteiger partial charge >= 0.3 is 0 Å². The van der Waals surface area contributed by atoms with Crippen molar-refractivity contribution in [3.63, 3.8) is 0 Å². The molecule has 0 aliphatic carbocycles. The molecule has 0 amide bonds. The van der Waals surface area contributed by atoms with Crippen molar-refractivity contribution in [1.82, 2.24) is 0 Å². The lowest BCUT2D eigenvalue weighted by Gasteiger charge is -2.05. The van der Waals surface area contributed by atoms with Crippen LogP contribution in [0.1, 0.15) is 15.9 Å². The first-order valence-electron chi connectivity index (χ1n) is 7.05. The molecule has 3 heteroatoms. The van der Waals surface area contributed by atoms with Gasteiger partial charge < -0.3 is 10.2 Å². The number of benzene rings is 3. The van der Waals surface area contributed by atoms with E-state index in [0.29, 0.717) is 22.4 Å². The minimum Gasteiger partial charge on any atom is -0.454 e. The molecule has 0 aliphatic rings. The average molecular weight is 287 g/mol. The van der Waals surface area contributed by atoms with Crippen LogP contribution in [0.4, 0.5) is 5.69 Å². The minimum absolute atomic E-state index is 0.0968. The van der Waals surface area contributed by atoms with Crippen LogP contribution >= 0.6 is 0 Å². The quantitative estimate of drug-likeness (QED) is 0.439. The number of anilines is 1. The Labute approximate surface area is 127 Å². The van der Waals surface area contributed by atoms with Gasteiger partial charge in [-0.15, -0.1) is 0 Å². The molecular formula is C19H13NO2. The summed E-state index contributed by atoms with van der Waals surface area (Å²) in [5.74, 6) is -0.0968. The number of carbonyl (C=O) groups excluding carboxylic acids is 1. The fourth-order valence-electron chi connectivity index (χ4n) is 2.75. The van der Waals surface area contributed by atoms with E-state index in [1.807, 2.05) is 48.5 Å². The monoisotopic (exact) mass is 287 g/mol. The zero-order valence-corrected chi connectivity index (χ0v) is 11.7. The van der Waals surface area contributed by atoms with E-state index in [1.165, 1.54) is 0 Å². The number of ketones is 1. The lowest BCUT2D eigenvalue weighted by molar-refractivity contribution is 0.103. The third-order valence-corrected chi connectivity index (χ3v) is 3.87. The Morgan fingerprint density at radius 1 is 0.818 bits per heavy atom. The molecule has 0 saturated heterocycles. The van der Waals surface area contributed by atoms with Gasteiger partial charge in [-0.1, -0.05) is 48.5 Å².